The van der Waals surface area contributed by atoms with Crippen molar-refractivity contribution < 1.29 is 0 Å². The smallest absolute Gasteiger partial charge is 0.121 e. The maximum atomic E-state index is 9.06. The van der Waals surface area contributed by atoms with Gasteiger partial charge in [0.05, 0.1) is 29.8 Å². The van der Waals surface area contributed by atoms with Gasteiger partial charge >= 0.3 is 0 Å². The lowest BCUT2D eigenvalue weighted by Gasteiger charge is -2.07. The average molecular weight is 377 g/mol. The summed E-state index contributed by atoms with van der Waals surface area (Å²) in [6, 6.07) is 23.4. The normalized spacial score (nSPS) is 10.8. The lowest BCUT2D eigenvalue weighted by Crippen LogP contribution is -2.07. The third kappa shape index (κ3) is 3.59. The zero-order chi connectivity index (χ0) is 20.4. The van der Waals surface area contributed by atoms with Gasteiger partial charge in [0.15, 0.2) is 0 Å². The minimum absolute atomic E-state index is 0.425. The molecular formula is C24H19N5. The van der Waals surface area contributed by atoms with Crippen molar-refractivity contribution in [3.05, 3.63) is 71.8 Å². The molecule has 0 atom stereocenters. The summed E-state index contributed by atoms with van der Waals surface area (Å²) in [5, 5.41) is 27.7. The Hall–Kier alpha value is -3.96. The molecule has 0 fully saturated rings. The molecule has 0 spiro atoms. The second kappa shape index (κ2) is 7.58. The van der Waals surface area contributed by atoms with Gasteiger partial charge in [-0.3, -0.25) is 0 Å². The van der Waals surface area contributed by atoms with Crippen LogP contribution in [0.25, 0.3) is 33.3 Å². The standard InChI is InChI=1S/C24H19N5/c1-16(2)15-29-27-23-21(19-7-3-17(13-25)4-8-19)11-12-22(24(23)28-29)20-9-5-18(14-26)6-10-20/h3-12,16H,15H2,1-2H3. The molecule has 29 heavy (non-hydrogen) atoms. The van der Waals surface area contributed by atoms with Gasteiger partial charge in [-0.1, -0.05) is 50.2 Å². The zero-order valence-electron chi connectivity index (χ0n) is 16.3. The van der Waals surface area contributed by atoms with Gasteiger partial charge in [-0.15, -0.1) is 0 Å². The fourth-order valence-corrected chi connectivity index (χ4v) is 3.36. The summed E-state index contributed by atoms with van der Waals surface area (Å²) in [5.41, 5.74) is 6.88. The van der Waals surface area contributed by atoms with Gasteiger partial charge in [-0.25, -0.2) is 0 Å². The monoisotopic (exact) mass is 377 g/mol. The molecule has 3 aromatic carbocycles. The fourth-order valence-electron chi connectivity index (χ4n) is 3.36. The number of nitriles is 2. The van der Waals surface area contributed by atoms with E-state index in [0.717, 1.165) is 39.8 Å². The molecule has 4 aromatic rings. The van der Waals surface area contributed by atoms with Crippen molar-refractivity contribution in [2.45, 2.75) is 20.4 Å². The van der Waals surface area contributed by atoms with Crippen molar-refractivity contribution in [1.82, 2.24) is 15.0 Å². The molecule has 0 saturated carbocycles. The average Bonchev–Trinajstić information content (AvgIpc) is 3.16. The second-order valence-electron chi connectivity index (χ2n) is 7.38. The molecule has 1 heterocycles. The molecule has 0 amide bonds. The highest BCUT2D eigenvalue weighted by molar-refractivity contribution is 6.00. The van der Waals surface area contributed by atoms with E-state index in [1.54, 1.807) is 4.80 Å². The lowest BCUT2D eigenvalue weighted by molar-refractivity contribution is 0.442. The van der Waals surface area contributed by atoms with Crippen LogP contribution < -0.4 is 0 Å². The molecule has 0 aliphatic heterocycles. The molecule has 140 valence electrons. The number of rotatable bonds is 4. The number of benzene rings is 3. The summed E-state index contributed by atoms with van der Waals surface area (Å²) < 4.78 is 0. The van der Waals surface area contributed by atoms with E-state index >= 15 is 0 Å². The van der Waals surface area contributed by atoms with E-state index in [4.69, 9.17) is 20.7 Å². The summed E-state index contributed by atoms with van der Waals surface area (Å²) in [4.78, 5) is 1.76. The van der Waals surface area contributed by atoms with Gasteiger partial charge in [0.2, 0.25) is 0 Å². The third-order valence-electron chi connectivity index (χ3n) is 4.76. The van der Waals surface area contributed by atoms with E-state index in [0.29, 0.717) is 17.0 Å². The van der Waals surface area contributed by atoms with Crippen LogP contribution in [0.2, 0.25) is 0 Å². The Bertz CT molecular complexity index is 1160. The quantitative estimate of drug-likeness (QED) is 0.492. The molecule has 5 heteroatoms. The molecule has 0 saturated heterocycles. The molecule has 5 nitrogen and oxygen atoms in total. The van der Waals surface area contributed by atoms with Crippen molar-refractivity contribution in [2.75, 3.05) is 0 Å². The molecule has 1 aromatic heterocycles. The maximum Gasteiger partial charge on any atom is 0.121 e. The van der Waals surface area contributed by atoms with Crippen molar-refractivity contribution in [1.29, 1.82) is 10.5 Å². The van der Waals surface area contributed by atoms with Crippen LogP contribution in [0.5, 0.6) is 0 Å². The minimum atomic E-state index is 0.425. The van der Waals surface area contributed by atoms with Crippen molar-refractivity contribution in [3.8, 4) is 34.4 Å². The van der Waals surface area contributed by atoms with Crippen LogP contribution in [0, 0.1) is 28.6 Å². The van der Waals surface area contributed by atoms with Gasteiger partial charge in [0.1, 0.15) is 11.0 Å². The predicted molar refractivity (Wildman–Crippen MR) is 113 cm³/mol. The van der Waals surface area contributed by atoms with E-state index in [1.165, 1.54) is 0 Å². The summed E-state index contributed by atoms with van der Waals surface area (Å²) in [5.74, 6) is 0.425. The Labute approximate surface area is 169 Å². The van der Waals surface area contributed by atoms with Gasteiger partial charge in [-0.2, -0.15) is 25.5 Å². The first-order valence-electron chi connectivity index (χ1n) is 9.48. The highest BCUT2D eigenvalue weighted by Gasteiger charge is 2.16. The van der Waals surface area contributed by atoms with E-state index < -0.39 is 0 Å². The molecular weight excluding hydrogens is 358 g/mol. The van der Waals surface area contributed by atoms with E-state index in [1.807, 2.05) is 60.7 Å². The molecule has 0 unspecified atom stereocenters. The number of aromatic nitrogens is 3. The fraction of sp³-hybridized carbons (Fsp3) is 0.167. The zero-order valence-corrected chi connectivity index (χ0v) is 16.3. The predicted octanol–water partition coefficient (Wildman–Crippen LogP) is 5.16. The summed E-state index contributed by atoms with van der Waals surface area (Å²) >= 11 is 0. The molecule has 0 aliphatic rings. The largest absolute Gasteiger partial charge is 0.192 e. The van der Waals surface area contributed by atoms with Crippen molar-refractivity contribution in [2.24, 2.45) is 5.92 Å². The maximum absolute atomic E-state index is 9.06. The molecule has 0 bridgehead atoms. The Morgan fingerprint density at radius 3 is 1.48 bits per heavy atom. The third-order valence-corrected chi connectivity index (χ3v) is 4.76. The van der Waals surface area contributed by atoms with Gasteiger partial charge in [0, 0.05) is 11.1 Å². The lowest BCUT2D eigenvalue weighted by atomic mass is 9.97. The highest BCUT2D eigenvalue weighted by Crippen LogP contribution is 2.34. The van der Waals surface area contributed by atoms with Crippen molar-refractivity contribution in [3.63, 3.8) is 0 Å². The van der Waals surface area contributed by atoms with Gasteiger partial charge < -0.3 is 0 Å². The van der Waals surface area contributed by atoms with Gasteiger partial charge in [0.25, 0.3) is 0 Å². The first-order valence-corrected chi connectivity index (χ1v) is 9.48. The first-order chi connectivity index (χ1) is 14.1. The van der Waals surface area contributed by atoms with E-state index in [9.17, 15) is 0 Å². The summed E-state index contributed by atoms with van der Waals surface area (Å²) in [7, 11) is 0. The van der Waals surface area contributed by atoms with E-state index in [-0.39, 0.29) is 0 Å². The van der Waals surface area contributed by atoms with Gasteiger partial charge in [-0.05, 0) is 41.3 Å². The molecule has 0 N–H and O–H groups in total. The number of nitrogens with zero attached hydrogens (tertiary/aromatic N) is 5. The number of hydrogen-bond acceptors (Lipinski definition) is 4. The minimum Gasteiger partial charge on any atom is -0.192 e. The molecule has 0 radical (unpaired) electrons. The number of fused-ring (bicyclic) bond motifs is 1. The van der Waals surface area contributed by atoms with Crippen LogP contribution in [0.15, 0.2) is 60.7 Å². The SMILES string of the molecule is CC(C)Cn1nc2c(-c3ccc(C#N)cc3)ccc(-c3ccc(C#N)cc3)c2n1. The molecule has 0 aliphatic carbocycles. The summed E-state index contributed by atoms with van der Waals surface area (Å²) in [6.07, 6.45) is 0. The Balaban J connectivity index is 1.90. The van der Waals surface area contributed by atoms with Crippen LogP contribution >= 0.6 is 0 Å². The van der Waals surface area contributed by atoms with Crippen LogP contribution in [0.1, 0.15) is 25.0 Å². The molecule has 4 rings (SSSR count). The van der Waals surface area contributed by atoms with Crippen LogP contribution in [0.3, 0.4) is 0 Å². The van der Waals surface area contributed by atoms with E-state index in [2.05, 4.69) is 26.0 Å². The van der Waals surface area contributed by atoms with Crippen LogP contribution in [-0.2, 0) is 6.54 Å². The second-order valence-corrected chi connectivity index (χ2v) is 7.38. The summed E-state index contributed by atoms with van der Waals surface area (Å²) in [6.45, 7) is 5.00. The Kier molecular flexibility index (Phi) is 4.81. The highest BCUT2D eigenvalue weighted by atomic mass is 15.5. The Morgan fingerprint density at radius 1 is 0.724 bits per heavy atom. The Morgan fingerprint density at radius 2 is 1.14 bits per heavy atom. The van der Waals surface area contributed by atoms with Crippen LogP contribution in [0.4, 0.5) is 0 Å². The topological polar surface area (TPSA) is 78.3 Å². The van der Waals surface area contributed by atoms with Crippen LogP contribution in [-0.4, -0.2) is 15.0 Å². The van der Waals surface area contributed by atoms with Crippen molar-refractivity contribution >= 4 is 11.0 Å². The first kappa shape index (κ1) is 18.4. The number of hydrogen-bond donors (Lipinski definition) is 0.